The van der Waals surface area contributed by atoms with Crippen LogP contribution in [0.5, 0.6) is 0 Å². The Labute approximate surface area is 149 Å². The van der Waals surface area contributed by atoms with E-state index in [9.17, 15) is 14.0 Å². The van der Waals surface area contributed by atoms with Gasteiger partial charge in [-0.2, -0.15) is 0 Å². The number of benzene rings is 1. The average Bonchev–Trinajstić information content (AvgIpc) is 3.15. The van der Waals surface area contributed by atoms with Gasteiger partial charge in [-0.3, -0.25) is 4.79 Å². The molecule has 0 aliphatic carbocycles. The van der Waals surface area contributed by atoms with Gasteiger partial charge in [0.1, 0.15) is 12.1 Å². The molecule has 0 bridgehead atoms. The van der Waals surface area contributed by atoms with Gasteiger partial charge in [0.2, 0.25) is 0 Å². The van der Waals surface area contributed by atoms with Crippen molar-refractivity contribution in [2.75, 3.05) is 18.4 Å². The first-order chi connectivity index (χ1) is 12.5. The smallest absolute Gasteiger partial charge is 0.317 e. The Balaban J connectivity index is 1.38. The van der Waals surface area contributed by atoms with Crippen LogP contribution in [0.25, 0.3) is 0 Å². The van der Waals surface area contributed by atoms with Gasteiger partial charge in [0.05, 0.1) is 6.20 Å². The summed E-state index contributed by atoms with van der Waals surface area (Å²) in [5.74, 6) is -0.460. The molecule has 0 unspecified atom stereocenters. The Bertz CT molecular complexity index is 829. The fraction of sp³-hybridized carbons (Fsp3) is 0.389. The molecule has 8 heteroatoms. The number of urea groups is 1. The van der Waals surface area contributed by atoms with E-state index in [1.807, 2.05) is 0 Å². The van der Waals surface area contributed by atoms with Crippen LogP contribution in [-0.4, -0.2) is 40.5 Å². The van der Waals surface area contributed by atoms with Crippen LogP contribution >= 0.6 is 0 Å². The molecule has 2 aliphatic rings. The zero-order valence-electron chi connectivity index (χ0n) is 14.1. The molecule has 7 nitrogen and oxygen atoms in total. The molecule has 0 radical (unpaired) electrons. The number of fused-ring (bicyclic) bond motifs is 1. The minimum absolute atomic E-state index is 0.0522. The lowest BCUT2D eigenvalue weighted by Crippen LogP contribution is -2.55. The molecule has 26 heavy (non-hydrogen) atoms. The highest BCUT2D eigenvalue weighted by atomic mass is 19.1. The summed E-state index contributed by atoms with van der Waals surface area (Å²) in [4.78, 5) is 26.5. The number of hydrogen-bond acceptors (Lipinski definition) is 5. The summed E-state index contributed by atoms with van der Waals surface area (Å²) in [5, 5.41) is 9.85. The molecule has 1 aromatic carbocycles. The van der Waals surface area contributed by atoms with Gasteiger partial charge in [-0.25, -0.2) is 9.18 Å². The SMILES string of the molecule is O=C1CC2(CCN(C(=O)NCc3cnoc3)CC2)Nc2ccc(F)cc21. The van der Waals surface area contributed by atoms with Crippen molar-refractivity contribution in [2.24, 2.45) is 0 Å². The van der Waals surface area contributed by atoms with Crippen molar-refractivity contribution in [2.45, 2.75) is 31.3 Å². The fourth-order valence-corrected chi connectivity index (χ4v) is 3.63. The van der Waals surface area contributed by atoms with Crippen LogP contribution in [0.15, 0.2) is 35.2 Å². The number of aromatic nitrogens is 1. The summed E-state index contributed by atoms with van der Waals surface area (Å²) in [6.07, 6.45) is 4.69. The van der Waals surface area contributed by atoms with E-state index in [2.05, 4.69) is 15.8 Å². The van der Waals surface area contributed by atoms with Gasteiger partial charge in [0.15, 0.2) is 5.78 Å². The van der Waals surface area contributed by atoms with Crippen molar-refractivity contribution in [3.63, 3.8) is 0 Å². The maximum Gasteiger partial charge on any atom is 0.317 e. The molecular formula is C18H19FN4O3. The minimum atomic E-state index is -0.408. The fourth-order valence-electron chi connectivity index (χ4n) is 3.63. The number of ketones is 1. The number of halogens is 1. The van der Waals surface area contributed by atoms with Gasteiger partial charge in [-0.05, 0) is 31.0 Å². The predicted octanol–water partition coefficient (Wildman–Crippen LogP) is 2.56. The lowest BCUT2D eigenvalue weighted by atomic mass is 9.78. The number of anilines is 1. The molecule has 0 atom stereocenters. The number of hydrogen-bond donors (Lipinski definition) is 2. The number of nitrogens with zero attached hydrogens (tertiary/aromatic N) is 2. The van der Waals surface area contributed by atoms with Crippen molar-refractivity contribution in [1.29, 1.82) is 0 Å². The van der Waals surface area contributed by atoms with Crippen LogP contribution < -0.4 is 10.6 Å². The van der Waals surface area contributed by atoms with Crippen molar-refractivity contribution < 1.29 is 18.5 Å². The Morgan fingerprint density at radius 1 is 1.38 bits per heavy atom. The minimum Gasteiger partial charge on any atom is -0.378 e. The van der Waals surface area contributed by atoms with E-state index in [0.29, 0.717) is 50.1 Å². The number of likely N-dealkylation sites (tertiary alicyclic amines) is 1. The van der Waals surface area contributed by atoms with Crippen molar-refractivity contribution in [1.82, 2.24) is 15.4 Å². The third kappa shape index (κ3) is 3.14. The number of Topliss-reactive ketones (excluding diaryl/α,β-unsaturated/α-hetero) is 1. The van der Waals surface area contributed by atoms with Crippen LogP contribution in [0.2, 0.25) is 0 Å². The van der Waals surface area contributed by atoms with E-state index in [1.165, 1.54) is 18.4 Å². The Hall–Kier alpha value is -2.90. The highest BCUT2D eigenvalue weighted by Crippen LogP contribution is 2.37. The topological polar surface area (TPSA) is 87.5 Å². The number of nitrogens with one attached hydrogen (secondary N) is 2. The monoisotopic (exact) mass is 358 g/mol. The quantitative estimate of drug-likeness (QED) is 0.861. The highest BCUT2D eigenvalue weighted by molar-refractivity contribution is 6.04. The van der Waals surface area contributed by atoms with E-state index >= 15 is 0 Å². The molecular weight excluding hydrogens is 339 g/mol. The molecule has 3 heterocycles. The number of piperidine rings is 1. The summed E-state index contributed by atoms with van der Waals surface area (Å²) in [5.41, 5.74) is 1.51. The molecule has 0 saturated carbocycles. The summed E-state index contributed by atoms with van der Waals surface area (Å²) in [6.45, 7) is 1.46. The van der Waals surface area contributed by atoms with Gasteiger partial charge < -0.3 is 20.1 Å². The first kappa shape index (κ1) is 16.6. The van der Waals surface area contributed by atoms with E-state index in [4.69, 9.17) is 4.52 Å². The molecule has 1 aromatic heterocycles. The molecule has 4 rings (SSSR count). The largest absolute Gasteiger partial charge is 0.378 e. The first-order valence-electron chi connectivity index (χ1n) is 8.57. The first-order valence-corrected chi connectivity index (χ1v) is 8.57. The lowest BCUT2D eigenvalue weighted by Gasteiger charge is -2.45. The van der Waals surface area contributed by atoms with Crippen LogP contribution in [-0.2, 0) is 6.54 Å². The number of rotatable bonds is 2. The van der Waals surface area contributed by atoms with E-state index in [1.54, 1.807) is 17.2 Å². The lowest BCUT2D eigenvalue weighted by molar-refractivity contribution is 0.0915. The highest BCUT2D eigenvalue weighted by Gasteiger charge is 2.41. The summed E-state index contributed by atoms with van der Waals surface area (Å²) < 4.78 is 18.1. The molecule has 1 fully saturated rings. The van der Waals surface area contributed by atoms with Gasteiger partial charge >= 0.3 is 6.03 Å². The summed E-state index contributed by atoms with van der Waals surface area (Å²) in [6, 6.07) is 4.10. The maximum atomic E-state index is 13.4. The molecule has 2 aliphatic heterocycles. The summed E-state index contributed by atoms with van der Waals surface area (Å²) in [7, 11) is 0. The molecule has 2 aromatic rings. The van der Waals surface area contributed by atoms with Gasteiger partial charge in [0, 0.05) is 48.4 Å². The van der Waals surface area contributed by atoms with Crippen LogP contribution in [0.3, 0.4) is 0 Å². The van der Waals surface area contributed by atoms with Crippen LogP contribution in [0.1, 0.15) is 35.2 Å². The Morgan fingerprint density at radius 3 is 2.92 bits per heavy atom. The zero-order chi connectivity index (χ0) is 18.1. The van der Waals surface area contributed by atoms with Crippen molar-refractivity contribution in [3.05, 3.63) is 47.6 Å². The maximum absolute atomic E-state index is 13.4. The van der Waals surface area contributed by atoms with Crippen molar-refractivity contribution >= 4 is 17.5 Å². The summed E-state index contributed by atoms with van der Waals surface area (Å²) >= 11 is 0. The third-order valence-corrected chi connectivity index (χ3v) is 5.12. The zero-order valence-corrected chi connectivity index (χ0v) is 14.1. The third-order valence-electron chi connectivity index (χ3n) is 5.12. The van der Waals surface area contributed by atoms with Gasteiger partial charge in [-0.15, -0.1) is 0 Å². The Kier molecular flexibility index (Phi) is 4.10. The Morgan fingerprint density at radius 2 is 2.19 bits per heavy atom. The van der Waals surface area contributed by atoms with E-state index < -0.39 is 5.82 Å². The number of amides is 2. The second kappa shape index (κ2) is 6.44. The van der Waals surface area contributed by atoms with Crippen LogP contribution in [0, 0.1) is 5.82 Å². The standard InChI is InChI=1S/C18H19FN4O3/c19-13-1-2-15-14(7-13)16(24)8-18(22-15)3-5-23(6-4-18)17(25)20-9-12-10-21-26-11-12/h1-2,7,10-11,22H,3-6,8-9H2,(H,20,25). The molecule has 136 valence electrons. The molecule has 2 N–H and O–H groups in total. The normalized spacial score (nSPS) is 18.3. The van der Waals surface area contributed by atoms with Gasteiger partial charge in [0.25, 0.3) is 0 Å². The van der Waals surface area contributed by atoms with E-state index in [0.717, 1.165) is 5.56 Å². The van der Waals surface area contributed by atoms with Crippen LogP contribution in [0.4, 0.5) is 14.9 Å². The van der Waals surface area contributed by atoms with Crippen molar-refractivity contribution in [3.8, 4) is 0 Å². The predicted molar refractivity (Wildman–Crippen MR) is 91.2 cm³/mol. The molecule has 1 saturated heterocycles. The number of carbonyl (C=O) groups is 2. The number of carbonyl (C=O) groups excluding carboxylic acids is 2. The second-order valence-corrected chi connectivity index (χ2v) is 6.87. The molecule has 2 amide bonds. The average molecular weight is 358 g/mol. The van der Waals surface area contributed by atoms with E-state index in [-0.39, 0.29) is 17.4 Å². The molecule has 1 spiro atoms. The van der Waals surface area contributed by atoms with Gasteiger partial charge in [-0.1, -0.05) is 5.16 Å². The second-order valence-electron chi connectivity index (χ2n) is 6.87.